The Kier molecular flexibility index (Phi) is 3.34. The normalized spacial score (nSPS) is 27.9. The van der Waals surface area contributed by atoms with Gasteiger partial charge < -0.3 is 10.0 Å². The van der Waals surface area contributed by atoms with Crippen LogP contribution in [-0.4, -0.2) is 39.1 Å². The Labute approximate surface area is 129 Å². The number of aliphatic hydroxyl groups excluding tert-OH is 1. The number of benzene rings is 1. The van der Waals surface area contributed by atoms with Crippen LogP contribution in [0.4, 0.5) is 0 Å². The third kappa shape index (κ3) is 2.18. The van der Waals surface area contributed by atoms with E-state index in [1.165, 1.54) is 0 Å². The minimum absolute atomic E-state index is 0.0974. The number of piperidine rings is 2. The van der Waals surface area contributed by atoms with E-state index in [9.17, 15) is 9.90 Å². The second-order valence-corrected chi connectivity index (χ2v) is 6.45. The Morgan fingerprint density at radius 3 is 2.64 bits per heavy atom. The van der Waals surface area contributed by atoms with Crippen molar-refractivity contribution in [1.82, 2.24) is 9.88 Å². The van der Waals surface area contributed by atoms with Gasteiger partial charge in [0.2, 0.25) is 0 Å². The molecule has 1 N–H and O–H groups in total. The molecule has 2 fully saturated rings. The largest absolute Gasteiger partial charge is 0.393 e. The third-order valence-electron chi connectivity index (χ3n) is 5.06. The monoisotopic (exact) mass is 296 g/mol. The highest BCUT2D eigenvalue weighted by molar-refractivity contribution is 6.06. The summed E-state index contributed by atoms with van der Waals surface area (Å²) < 4.78 is 0. The van der Waals surface area contributed by atoms with Crippen molar-refractivity contribution in [3.8, 4) is 0 Å². The fourth-order valence-corrected chi connectivity index (χ4v) is 4.11. The van der Waals surface area contributed by atoms with Crippen molar-refractivity contribution >= 4 is 16.8 Å². The first-order chi connectivity index (χ1) is 10.7. The van der Waals surface area contributed by atoms with Gasteiger partial charge in [-0.3, -0.25) is 9.78 Å². The number of hydrogen-bond donors (Lipinski definition) is 1. The topological polar surface area (TPSA) is 53.4 Å². The van der Waals surface area contributed by atoms with Crippen LogP contribution < -0.4 is 0 Å². The highest BCUT2D eigenvalue weighted by atomic mass is 16.3. The predicted octanol–water partition coefficient (Wildman–Crippen LogP) is 2.75. The van der Waals surface area contributed by atoms with Crippen LogP contribution in [0, 0.1) is 0 Å². The van der Waals surface area contributed by atoms with E-state index in [1.54, 1.807) is 6.20 Å². The van der Waals surface area contributed by atoms with Crippen LogP contribution >= 0.6 is 0 Å². The zero-order valence-corrected chi connectivity index (χ0v) is 12.5. The van der Waals surface area contributed by atoms with Crippen molar-refractivity contribution in [2.75, 3.05) is 0 Å². The van der Waals surface area contributed by atoms with Crippen LogP contribution in [0.3, 0.4) is 0 Å². The molecule has 2 aliphatic rings. The third-order valence-corrected chi connectivity index (χ3v) is 5.06. The molecular formula is C18H20N2O2. The molecular weight excluding hydrogens is 276 g/mol. The quantitative estimate of drug-likeness (QED) is 0.880. The van der Waals surface area contributed by atoms with Crippen molar-refractivity contribution in [2.45, 2.75) is 50.3 Å². The van der Waals surface area contributed by atoms with Crippen molar-refractivity contribution in [3.63, 3.8) is 0 Å². The molecule has 2 saturated heterocycles. The van der Waals surface area contributed by atoms with Gasteiger partial charge in [0.05, 0.1) is 17.2 Å². The van der Waals surface area contributed by atoms with E-state index in [1.807, 2.05) is 35.2 Å². The number of fused-ring (bicyclic) bond motifs is 3. The van der Waals surface area contributed by atoms with Gasteiger partial charge in [0.25, 0.3) is 5.91 Å². The van der Waals surface area contributed by atoms with Gasteiger partial charge in [0, 0.05) is 23.7 Å². The van der Waals surface area contributed by atoms with Gasteiger partial charge in [-0.05, 0) is 44.2 Å². The molecule has 22 heavy (non-hydrogen) atoms. The van der Waals surface area contributed by atoms with Gasteiger partial charge >= 0.3 is 0 Å². The molecule has 2 aromatic rings. The zero-order valence-electron chi connectivity index (χ0n) is 12.5. The molecule has 1 aromatic heterocycles. The maximum absolute atomic E-state index is 13.2. The first kappa shape index (κ1) is 13.7. The molecule has 3 atom stereocenters. The summed E-state index contributed by atoms with van der Waals surface area (Å²) in [5.74, 6) is 0.0974. The van der Waals surface area contributed by atoms with E-state index in [0.29, 0.717) is 12.8 Å². The maximum Gasteiger partial charge on any atom is 0.255 e. The number of amides is 1. The van der Waals surface area contributed by atoms with E-state index in [2.05, 4.69) is 4.98 Å². The number of carbonyl (C=O) groups excluding carboxylic acids is 1. The Hall–Kier alpha value is -1.94. The summed E-state index contributed by atoms with van der Waals surface area (Å²) in [6, 6.07) is 9.98. The fraction of sp³-hybridized carbons (Fsp3) is 0.444. The average Bonchev–Trinajstić information content (AvgIpc) is 2.53. The van der Waals surface area contributed by atoms with Crippen LogP contribution in [0.25, 0.3) is 10.9 Å². The highest BCUT2D eigenvalue weighted by Gasteiger charge is 2.40. The Morgan fingerprint density at radius 1 is 1.14 bits per heavy atom. The van der Waals surface area contributed by atoms with Gasteiger partial charge in [-0.2, -0.15) is 0 Å². The summed E-state index contributed by atoms with van der Waals surface area (Å²) in [7, 11) is 0. The van der Waals surface area contributed by atoms with E-state index in [4.69, 9.17) is 0 Å². The van der Waals surface area contributed by atoms with Crippen molar-refractivity contribution in [3.05, 3.63) is 42.1 Å². The number of aromatic nitrogens is 1. The Balaban J connectivity index is 1.74. The standard InChI is InChI=1S/C18H20N2O2/c21-14-10-12-4-3-5-13(11-14)20(12)18(22)16-8-9-19-17-7-2-1-6-15(16)17/h1-2,6-9,12-14,21H,3-5,10-11H2/t12-,13+,14?. The van der Waals surface area contributed by atoms with Gasteiger partial charge in [-0.1, -0.05) is 18.2 Å². The lowest BCUT2D eigenvalue weighted by Gasteiger charge is -2.47. The molecule has 0 radical (unpaired) electrons. The fourth-order valence-electron chi connectivity index (χ4n) is 4.11. The summed E-state index contributed by atoms with van der Waals surface area (Å²) in [5.41, 5.74) is 1.59. The molecule has 1 aromatic carbocycles. The number of pyridine rings is 1. The number of rotatable bonds is 1. The van der Waals surface area contributed by atoms with Gasteiger partial charge in [-0.25, -0.2) is 0 Å². The number of nitrogens with zero attached hydrogens (tertiary/aromatic N) is 2. The first-order valence-corrected chi connectivity index (χ1v) is 8.08. The highest BCUT2D eigenvalue weighted by Crippen LogP contribution is 2.35. The van der Waals surface area contributed by atoms with Crippen LogP contribution in [0.2, 0.25) is 0 Å². The van der Waals surface area contributed by atoms with E-state index in [-0.39, 0.29) is 24.1 Å². The molecule has 2 aliphatic heterocycles. The number of aliphatic hydroxyl groups is 1. The molecule has 114 valence electrons. The summed E-state index contributed by atoms with van der Waals surface area (Å²) in [6.07, 6.45) is 6.04. The molecule has 1 amide bonds. The molecule has 4 heteroatoms. The molecule has 1 unspecified atom stereocenters. The van der Waals surface area contributed by atoms with Crippen molar-refractivity contribution in [1.29, 1.82) is 0 Å². The number of carbonyl (C=O) groups is 1. The average molecular weight is 296 g/mol. The van der Waals surface area contributed by atoms with E-state index < -0.39 is 0 Å². The molecule has 4 nitrogen and oxygen atoms in total. The van der Waals surface area contributed by atoms with Crippen LogP contribution in [0.15, 0.2) is 36.5 Å². The van der Waals surface area contributed by atoms with Crippen molar-refractivity contribution in [2.24, 2.45) is 0 Å². The molecule has 4 rings (SSSR count). The molecule has 0 aliphatic carbocycles. The Bertz CT molecular complexity index is 696. The predicted molar refractivity (Wildman–Crippen MR) is 84.6 cm³/mol. The van der Waals surface area contributed by atoms with Crippen molar-refractivity contribution < 1.29 is 9.90 Å². The smallest absolute Gasteiger partial charge is 0.255 e. The SMILES string of the molecule is O=C(c1ccnc2ccccc12)N1[C@@H]2CCC[C@H]1CC(O)C2. The Morgan fingerprint density at radius 2 is 1.86 bits per heavy atom. The summed E-state index contributed by atoms with van der Waals surface area (Å²) >= 11 is 0. The lowest BCUT2D eigenvalue weighted by molar-refractivity contribution is -0.0149. The number of para-hydroxylation sites is 1. The van der Waals surface area contributed by atoms with Gasteiger partial charge in [0.1, 0.15) is 0 Å². The summed E-state index contributed by atoms with van der Waals surface area (Å²) in [6.45, 7) is 0. The van der Waals surface area contributed by atoms with E-state index in [0.717, 1.165) is 35.7 Å². The molecule has 0 saturated carbocycles. The lowest BCUT2D eigenvalue weighted by atomic mass is 9.82. The maximum atomic E-state index is 13.2. The van der Waals surface area contributed by atoms with Crippen LogP contribution in [-0.2, 0) is 0 Å². The second-order valence-electron chi connectivity index (χ2n) is 6.45. The minimum atomic E-state index is -0.256. The number of hydrogen-bond acceptors (Lipinski definition) is 3. The minimum Gasteiger partial charge on any atom is -0.393 e. The van der Waals surface area contributed by atoms with Crippen LogP contribution in [0.1, 0.15) is 42.5 Å². The van der Waals surface area contributed by atoms with Gasteiger partial charge in [-0.15, -0.1) is 0 Å². The van der Waals surface area contributed by atoms with Gasteiger partial charge in [0.15, 0.2) is 0 Å². The molecule has 2 bridgehead atoms. The van der Waals surface area contributed by atoms with E-state index >= 15 is 0 Å². The second kappa shape index (κ2) is 5.36. The summed E-state index contributed by atoms with van der Waals surface area (Å²) in [5, 5.41) is 10.9. The molecule has 0 spiro atoms. The lowest BCUT2D eigenvalue weighted by Crippen LogP contribution is -2.55. The van der Waals surface area contributed by atoms with Crippen LogP contribution in [0.5, 0.6) is 0 Å². The molecule has 3 heterocycles. The summed E-state index contributed by atoms with van der Waals surface area (Å²) in [4.78, 5) is 19.5. The first-order valence-electron chi connectivity index (χ1n) is 8.08. The zero-order chi connectivity index (χ0) is 15.1.